The fourth-order valence-electron chi connectivity index (χ4n) is 5.08. The van der Waals surface area contributed by atoms with Crippen LogP contribution in [0, 0.1) is 0 Å². The Bertz CT molecular complexity index is 1860. The molecule has 0 radical (unpaired) electrons. The molecule has 1 aliphatic heterocycles. The molecule has 0 spiro atoms. The van der Waals surface area contributed by atoms with E-state index in [2.05, 4.69) is 38.1 Å². The van der Waals surface area contributed by atoms with Crippen molar-refractivity contribution < 1.29 is 13.9 Å². The highest BCUT2D eigenvalue weighted by Crippen LogP contribution is 2.35. The van der Waals surface area contributed by atoms with Gasteiger partial charge in [0.1, 0.15) is 29.1 Å². The summed E-state index contributed by atoms with van der Waals surface area (Å²) >= 11 is 0. The molecule has 3 heterocycles. The molecule has 0 saturated carbocycles. The lowest BCUT2D eigenvalue weighted by molar-refractivity contribution is 0.215. The van der Waals surface area contributed by atoms with Gasteiger partial charge < -0.3 is 19.8 Å². The lowest BCUT2D eigenvalue weighted by Crippen LogP contribution is -2.23. The number of carbonyl (C=O) groups excluding carboxylic acids is 1. The summed E-state index contributed by atoms with van der Waals surface area (Å²) in [4.78, 5) is 21.3. The molecule has 0 saturated heterocycles. The summed E-state index contributed by atoms with van der Waals surface area (Å²) in [6, 6.07) is 29.1. The van der Waals surface area contributed by atoms with E-state index in [1.807, 2.05) is 66.7 Å². The third kappa shape index (κ3) is 4.72. The van der Waals surface area contributed by atoms with Gasteiger partial charge in [-0.15, -0.1) is 0 Å². The predicted octanol–water partition coefficient (Wildman–Crippen LogP) is 7.04. The van der Waals surface area contributed by atoms with Gasteiger partial charge in [-0.1, -0.05) is 36.4 Å². The molecular weight excluding hydrogens is 502 g/mol. The molecule has 0 atom stereocenters. The molecule has 0 aliphatic carbocycles. The highest BCUT2D eigenvalue weighted by molar-refractivity contribution is 6.09. The summed E-state index contributed by atoms with van der Waals surface area (Å²) in [5, 5.41) is 11.5. The minimum atomic E-state index is -0.537. The van der Waals surface area contributed by atoms with Crippen molar-refractivity contribution in [2.45, 2.75) is 13.0 Å². The normalized spacial score (nSPS) is 12.7. The van der Waals surface area contributed by atoms with Crippen LogP contribution in [0.25, 0.3) is 33.2 Å². The standard InChI is InChI=1S/C32H25N5O3/c38-32(39-24-13-8-20-14-15-33-18-21(20)16-24)37-23-11-9-22(10-12-23)36-30-17-28(34-19-35-30)27-6-3-5-26-25-4-1-2-7-29(25)40-31(26)27/h1-13,16-17,19,33H,14-15,18H2,(H,37,38)(H,34,35,36). The van der Waals surface area contributed by atoms with E-state index >= 15 is 0 Å². The number of amides is 1. The average molecular weight is 528 g/mol. The molecule has 6 aromatic rings. The number of nitrogens with zero attached hydrogens (tertiary/aromatic N) is 2. The van der Waals surface area contributed by atoms with E-state index in [0.29, 0.717) is 17.3 Å². The quantitative estimate of drug-likeness (QED) is 0.221. The number of hydrogen-bond acceptors (Lipinski definition) is 7. The Hall–Kier alpha value is -5.21. The van der Waals surface area contributed by atoms with E-state index in [9.17, 15) is 4.79 Å². The van der Waals surface area contributed by atoms with E-state index in [-0.39, 0.29) is 0 Å². The van der Waals surface area contributed by atoms with E-state index in [1.54, 1.807) is 12.1 Å². The minimum Gasteiger partial charge on any atom is -0.455 e. The van der Waals surface area contributed by atoms with E-state index in [4.69, 9.17) is 9.15 Å². The summed E-state index contributed by atoms with van der Waals surface area (Å²) in [5.74, 6) is 1.16. The molecular formula is C32H25N5O3. The van der Waals surface area contributed by atoms with Gasteiger partial charge in [0.2, 0.25) is 0 Å². The molecule has 0 bridgehead atoms. The van der Waals surface area contributed by atoms with E-state index in [1.165, 1.54) is 11.9 Å². The van der Waals surface area contributed by atoms with Crippen LogP contribution in [-0.2, 0) is 13.0 Å². The first-order valence-corrected chi connectivity index (χ1v) is 13.1. The van der Waals surface area contributed by atoms with Crippen LogP contribution in [0.3, 0.4) is 0 Å². The van der Waals surface area contributed by atoms with Gasteiger partial charge in [0.05, 0.1) is 5.69 Å². The largest absolute Gasteiger partial charge is 0.455 e. The number of nitrogens with one attached hydrogen (secondary N) is 3. The fraction of sp³-hybridized carbons (Fsp3) is 0.0938. The smallest absolute Gasteiger partial charge is 0.417 e. The van der Waals surface area contributed by atoms with Crippen molar-refractivity contribution in [2.75, 3.05) is 17.2 Å². The number of benzene rings is 4. The summed E-state index contributed by atoms with van der Waals surface area (Å²) in [7, 11) is 0. The van der Waals surface area contributed by atoms with Crippen LogP contribution >= 0.6 is 0 Å². The fourth-order valence-corrected chi connectivity index (χ4v) is 5.08. The first-order chi connectivity index (χ1) is 19.7. The molecule has 4 aromatic carbocycles. The van der Waals surface area contributed by atoms with E-state index in [0.717, 1.165) is 64.0 Å². The summed E-state index contributed by atoms with van der Waals surface area (Å²) in [6.45, 7) is 1.75. The molecule has 196 valence electrons. The molecule has 1 aliphatic rings. The number of aromatic nitrogens is 2. The van der Waals surface area contributed by atoms with Crippen LogP contribution < -0.4 is 20.7 Å². The highest BCUT2D eigenvalue weighted by atomic mass is 16.6. The Morgan fingerprint density at radius 1 is 0.850 bits per heavy atom. The molecule has 3 N–H and O–H groups in total. The predicted molar refractivity (Wildman–Crippen MR) is 156 cm³/mol. The topological polar surface area (TPSA) is 101 Å². The molecule has 2 aromatic heterocycles. The van der Waals surface area contributed by atoms with Crippen LogP contribution in [0.5, 0.6) is 5.75 Å². The summed E-state index contributed by atoms with van der Waals surface area (Å²) in [5.41, 5.74) is 7.17. The molecule has 8 heteroatoms. The van der Waals surface area contributed by atoms with Gasteiger partial charge >= 0.3 is 6.09 Å². The maximum Gasteiger partial charge on any atom is 0.417 e. The summed E-state index contributed by atoms with van der Waals surface area (Å²) < 4.78 is 11.7. The average Bonchev–Trinajstić information content (AvgIpc) is 3.37. The number of carbonyl (C=O) groups is 1. The van der Waals surface area contributed by atoms with Gasteiger partial charge in [-0.25, -0.2) is 14.8 Å². The number of furan rings is 1. The number of ether oxygens (including phenoxy) is 1. The third-order valence-corrected chi connectivity index (χ3v) is 7.03. The number of anilines is 3. The Balaban J connectivity index is 1.04. The summed E-state index contributed by atoms with van der Waals surface area (Å²) in [6.07, 6.45) is 1.97. The second-order valence-corrected chi connectivity index (χ2v) is 9.64. The van der Waals surface area contributed by atoms with Gasteiger partial charge in [0, 0.05) is 40.3 Å². The first kappa shape index (κ1) is 23.9. The molecule has 8 nitrogen and oxygen atoms in total. The Labute approximate surface area is 230 Å². The number of hydrogen-bond donors (Lipinski definition) is 3. The number of fused-ring (bicyclic) bond motifs is 4. The number of para-hydroxylation sites is 2. The van der Waals surface area contributed by atoms with Gasteiger partial charge in [0.15, 0.2) is 0 Å². The molecule has 1 amide bonds. The van der Waals surface area contributed by atoms with Crippen LogP contribution in [-0.4, -0.2) is 22.6 Å². The second kappa shape index (κ2) is 10.2. The lowest BCUT2D eigenvalue weighted by Gasteiger charge is -2.17. The lowest BCUT2D eigenvalue weighted by atomic mass is 10.0. The number of rotatable bonds is 5. The zero-order chi connectivity index (χ0) is 26.9. The SMILES string of the molecule is O=C(Nc1ccc(Nc2cc(-c3cccc4c3oc3ccccc34)ncn2)cc1)Oc1ccc2c(c1)CNCC2. The van der Waals surface area contributed by atoms with Crippen molar-refractivity contribution in [3.63, 3.8) is 0 Å². The van der Waals surface area contributed by atoms with Crippen LogP contribution in [0.4, 0.5) is 22.0 Å². The Kier molecular flexibility index (Phi) is 6.07. The van der Waals surface area contributed by atoms with Crippen molar-refractivity contribution in [3.05, 3.63) is 108 Å². The van der Waals surface area contributed by atoms with E-state index < -0.39 is 6.09 Å². The van der Waals surface area contributed by atoms with Crippen molar-refractivity contribution >= 4 is 45.2 Å². The minimum absolute atomic E-state index is 0.524. The molecule has 7 rings (SSSR count). The zero-order valence-electron chi connectivity index (χ0n) is 21.5. The zero-order valence-corrected chi connectivity index (χ0v) is 21.5. The van der Waals surface area contributed by atoms with Gasteiger partial charge in [-0.2, -0.15) is 0 Å². The maximum atomic E-state index is 12.5. The first-order valence-electron chi connectivity index (χ1n) is 13.1. The molecule has 0 fully saturated rings. The van der Waals surface area contributed by atoms with Crippen molar-refractivity contribution in [3.8, 4) is 17.0 Å². The van der Waals surface area contributed by atoms with Crippen LogP contribution in [0.2, 0.25) is 0 Å². The van der Waals surface area contributed by atoms with Crippen molar-refractivity contribution in [1.29, 1.82) is 0 Å². The third-order valence-electron chi connectivity index (χ3n) is 7.03. The molecule has 0 unspecified atom stereocenters. The highest BCUT2D eigenvalue weighted by Gasteiger charge is 2.14. The van der Waals surface area contributed by atoms with Crippen molar-refractivity contribution in [1.82, 2.24) is 15.3 Å². The Morgan fingerprint density at radius 3 is 2.62 bits per heavy atom. The van der Waals surface area contributed by atoms with Gasteiger partial charge in [0.25, 0.3) is 0 Å². The molecule has 40 heavy (non-hydrogen) atoms. The van der Waals surface area contributed by atoms with Gasteiger partial charge in [-0.05, 0) is 72.6 Å². The maximum absolute atomic E-state index is 12.5. The van der Waals surface area contributed by atoms with Gasteiger partial charge in [-0.3, -0.25) is 5.32 Å². The van der Waals surface area contributed by atoms with Crippen molar-refractivity contribution in [2.24, 2.45) is 0 Å². The van der Waals surface area contributed by atoms with Crippen LogP contribution in [0.15, 0.2) is 102 Å². The Morgan fingerprint density at radius 2 is 1.70 bits per heavy atom. The second-order valence-electron chi connectivity index (χ2n) is 9.64. The van der Waals surface area contributed by atoms with Crippen LogP contribution in [0.1, 0.15) is 11.1 Å². The monoisotopic (exact) mass is 527 g/mol.